The summed E-state index contributed by atoms with van der Waals surface area (Å²) in [5.74, 6) is -0.0556. The lowest BCUT2D eigenvalue weighted by Gasteiger charge is -2.26. The van der Waals surface area contributed by atoms with E-state index in [1.165, 1.54) is 11.3 Å². The first-order valence-electron chi connectivity index (χ1n) is 7.88. The molecule has 0 bridgehead atoms. The molecule has 132 valence electrons. The molecule has 3 amide bonds. The normalized spacial score (nSPS) is 13.5. The van der Waals surface area contributed by atoms with Crippen LogP contribution in [0, 0.1) is 0 Å². The quantitative estimate of drug-likeness (QED) is 0.793. The molecule has 0 aliphatic carbocycles. The number of fused-ring (bicyclic) bond motifs is 1. The predicted octanol–water partition coefficient (Wildman–Crippen LogP) is 3.03. The summed E-state index contributed by atoms with van der Waals surface area (Å²) in [6, 6.07) is 1.55. The van der Waals surface area contributed by atoms with Gasteiger partial charge in [0.2, 0.25) is 0 Å². The Morgan fingerprint density at radius 3 is 2.88 bits per heavy atom. The van der Waals surface area contributed by atoms with Gasteiger partial charge >= 0.3 is 6.03 Å². The fourth-order valence-corrected chi connectivity index (χ4v) is 3.91. The van der Waals surface area contributed by atoms with Crippen molar-refractivity contribution in [1.29, 1.82) is 0 Å². The molecule has 3 rings (SSSR count). The second-order valence-electron chi connectivity index (χ2n) is 6.01. The number of thiazole rings is 1. The summed E-state index contributed by atoms with van der Waals surface area (Å²) in [7, 11) is 0. The van der Waals surface area contributed by atoms with Crippen molar-refractivity contribution in [3.05, 3.63) is 39.1 Å². The van der Waals surface area contributed by atoms with Crippen LogP contribution in [0.3, 0.4) is 0 Å². The van der Waals surface area contributed by atoms with Crippen LogP contribution in [0.15, 0.2) is 22.9 Å². The fourth-order valence-electron chi connectivity index (χ4n) is 2.53. The van der Waals surface area contributed by atoms with Gasteiger partial charge < -0.3 is 10.2 Å². The Hall–Kier alpha value is -2.00. The molecule has 1 aliphatic rings. The molecule has 25 heavy (non-hydrogen) atoms. The Labute approximate surface area is 158 Å². The number of nitrogens with one attached hydrogen (secondary N) is 2. The Kier molecular flexibility index (Phi) is 5.33. The summed E-state index contributed by atoms with van der Waals surface area (Å²) < 4.78 is 0.775. The Morgan fingerprint density at radius 1 is 1.36 bits per heavy atom. The van der Waals surface area contributed by atoms with E-state index < -0.39 is 0 Å². The Balaban J connectivity index is 1.69. The van der Waals surface area contributed by atoms with Crippen LogP contribution in [0.4, 0.5) is 9.93 Å². The number of nitrogens with zero attached hydrogens (tertiary/aromatic N) is 3. The van der Waals surface area contributed by atoms with Crippen LogP contribution >= 0.6 is 27.3 Å². The van der Waals surface area contributed by atoms with Crippen LogP contribution in [0.25, 0.3) is 0 Å². The minimum Gasteiger partial charge on any atom is -0.336 e. The molecule has 9 heteroatoms. The van der Waals surface area contributed by atoms with E-state index in [0.717, 1.165) is 15.0 Å². The third-order valence-electron chi connectivity index (χ3n) is 3.61. The molecular formula is C16H18BrN5O2S. The van der Waals surface area contributed by atoms with Crippen molar-refractivity contribution >= 4 is 44.3 Å². The van der Waals surface area contributed by atoms with Crippen molar-refractivity contribution in [2.45, 2.75) is 32.9 Å². The Morgan fingerprint density at radius 2 is 2.16 bits per heavy atom. The molecule has 2 N–H and O–H groups in total. The molecule has 0 unspecified atom stereocenters. The van der Waals surface area contributed by atoms with Crippen molar-refractivity contribution in [2.75, 3.05) is 11.9 Å². The van der Waals surface area contributed by atoms with Crippen molar-refractivity contribution in [2.24, 2.45) is 0 Å². The number of urea groups is 1. The zero-order chi connectivity index (χ0) is 18.0. The highest BCUT2D eigenvalue weighted by molar-refractivity contribution is 9.10. The zero-order valence-electron chi connectivity index (χ0n) is 13.9. The number of carbonyl (C=O) groups is 2. The van der Waals surface area contributed by atoms with Gasteiger partial charge in [-0.2, -0.15) is 0 Å². The molecule has 2 aromatic rings. The second-order valence-corrected chi connectivity index (χ2v) is 8.01. The molecule has 0 aromatic carbocycles. The minimum absolute atomic E-state index is 0.0556. The first-order chi connectivity index (χ1) is 11.9. The van der Waals surface area contributed by atoms with Crippen LogP contribution < -0.4 is 10.6 Å². The second kappa shape index (κ2) is 7.49. The van der Waals surface area contributed by atoms with Crippen LogP contribution in [0.1, 0.15) is 34.8 Å². The van der Waals surface area contributed by atoms with E-state index in [1.807, 2.05) is 13.8 Å². The monoisotopic (exact) mass is 423 g/mol. The third-order valence-corrected chi connectivity index (χ3v) is 5.04. The lowest BCUT2D eigenvalue weighted by molar-refractivity contribution is 0.0735. The van der Waals surface area contributed by atoms with Gasteiger partial charge in [0.15, 0.2) is 5.13 Å². The largest absolute Gasteiger partial charge is 0.336 e. The number of hydrogen-bond acceptors (Lipinski definition) is 5. The smallest absolute Gasteiger partial charge is 0.321 e. The standard InChI is InChI=1S/C16H18BrN5O2S/c1-9(2)19-15(24)21-16-20-12-3-4-22(8-13(12)25-16)14(23)10-5-11(17)7-18-6-10/h5-7,9H,3-4,8H2,1-2H3,(H2,19,20,21,24). The number of hydrogen-bond donors (Lipinski definition) is 2. The van der Waals surface area contributed by atoms with Crippen molar-refractivity contribution < 1.29 is 9.59 Å². The van der Waals surface area contributed by atoms with Gasteiger partial charge in [-0.3, -0.25) is 15.1 Å². The summed E-state index contributed by atoms with van der Waals surface area (Å²) in [4.78, 5) is 35.7. The summed E-state index contributed by atoms with van der Waals surface area (Å²) in [5.41, 5.74) is 1.50. The van der Waals surface area contributed by atoms with Crippen LogP contribution in [-0.2, 0) is 13.0 Å². The lowest BCUT2D eigenvalue weighted by Crippen LogP contribution is -2.35. The number of pyridine rings is 1. The lowest BCUT2D eigenvalue weighted by atomic mass is 10.1. The third kappa shape index (κ3) is 4.35. The van der Waals surface area contributed by atoms with Gasteiger partial charge in [-0.15, -0.1) is 0 Å². The zero-order valence-corrected chi connectivity index (χ0v) is 16.3. The van der Waals surface area contributed by atoms with E-state index in [1.54, 1.807) is 23.4 Å². The van der Waals surface area contributed by atoms with Gasteiger partial charge in [-0.1, -0.05) is 11.3 Å². The average molecular weight is 424 g/mol. The minimum atomic E-state index is -0.269. The highest BCUT2D eigenvalue weighted by atomic mass is 79.9. The first kappa shape index (κ1) is 17.8. The van der Waals surface area contributed by atoms with E-state index in [2.05, 4.69) is 36.5 Å². The van der Waals surface area contributed by atoms with Gasteiger partial charge in [0.05, 0.1) is 17.8 Å². The molecule has 7 nitrogen and oxygen atoms in total. The van der Waals surface area contributed by atoms with Gasteiger partial charge in [0.1, 0.15) is 0 Å². The maximum atomic E-state index is 12.6. The van der Waals surface area contributed by atoms with E-state index >= 15 is 0 Å². The molecule has 0 saturated carbocycles. The molecule has 0 radical (unpaired) electrons. The number of amides is 3. The van der Waals surface area contributed by atoms with E-state index in [9.17, 15) is 9.59 Å². The first-order valence-corrected chi connectivity index (χ1v) is 9.49. The molecule has 3 heterocycles. The van der Waals surface area contributed by atoms with Gasteiger partial charge in [0, 0.05) is 40.8 Å². The predicted molar refractivity (Wildman–Crippen MR) is 99.8 cm³/mol. The molecular weight excluding hydrogens is 406 g/mol. The molecule has 1 aliphatic heterocycles. The molecule has 0 fully saturated rings. The van der Waals surface area contributed by atoms with E-state index in [-0.39, 0.29) is 18.0 Å². The highest BCUT2D eigenvalue weighted by Crippen LogP contribution is 2.29. The van der Waals surface area contributed by atoms with E-state index in [0.29, 0.717) is 30.2 Å². The Bertz CT molecular complexity index is 808. The molecule has 0 saturated heterocycles. The van der Waals surface area contributed by atoms with Crippen molar-refractivity contribution in [3.8, 4) is 0 Å². The number of carbonyl (C=O) groups excluding carboxylic acids is 2. The topological polar surface area (TPSA) is 87.2 Å². The van der Waals surface area contributed by atoms with Crippen molar-refractivity contribution in [1.82, 2.24) is 20.2 Å². The van der Waals surface area contributed by atoms with Gasteiger partial charge in [0.25, 0.3) is 5.91 Å². The maximum absolute atomic E-state index is 12.6. The summed E-state index contributed by atoms with van der Waals surface area (Å²) in [5, 5.41) is 6.07. The molecule has 0 atom stereocenters. The summed E-state index contributed by atoms with van der Waals surface area (Å²) >= 11 is 4.74. The average Bonchev–Trinajstić information content (AvgIpc) is 2.94. The summed E-state index contributed by atoms with van der Waals surface area (Å²) in [6.07, 6.45) is 3.89. The highest BCUT2D eigenvalue weighted by Gasteiger charge is 2.25. The van der Waals surface area contributed by atoms with Crippen LogP contribution in [0.2, 0.25) is 0 Å². The number of rotatable bonds is 3. The van der Waals surface area contributed by atoms with Crippen molar-refractivity contribution in [3.63, 3.8) is 0 Å². The van der Waals surface area contributed by atoms with E-state index in [4.69, 9.17) is 0 Å². The van der Waals surface area contributed by atoms with Crippen LogP contribution in [-0.4, -0.2) is 39.4 Å². The maximum Gasteiger partial charge on any atom is 0.321 e. The number of halogens is 1. The summed E-state index contributed by atoms with van der Waals surface area (Å²) in [6.45, 7) is 4.88. The van der Waals surface area contributed by atoms with Gasteiger partial charge in [-0.05, 0) is 35.8 Å². The molecule has 2 aromatic heterocycles. The SMILES string of the molecule is CC(C)NC(=O)Nc1nc2c(s1)CN(C(=O)c1cncc(Br)c1)CC2. The molecule has 0 spiro atoms. The fraction of sp³-hybridized carbons (Fsp3) is 0.375. The van der Waals surface area contributed by atoms with Gasteiger partial charge in [-0.25, -0.2) is 9.78 Å². The number of aromatic nitrogens is 2. The van der Waals surface area contributed by atoms with Crippen LogP contribution in [0.5, 0.6) is 0 Å². The number of anilines is 1.